The summed E-state index contributed by atoms with van der Waals surface area (Å²) in [5, 5.41) is 0. The molecule has 2 heteroatoms. The van der Waals surface area contributed by atoms with Crippen molar-refractivity contribution in [2.45, 2.75) is 0 Å². The lowest BCUT2D eigenvalue weighted by molar-refractivity contribution is 0.824. The molecule has 1 aromatic heterocycles. The van der Waals surface area contributed by atoms with E-state index in [1.54, 1.807) is 12.4 Å². The molecule has 0 amide bonds. The Balaban J connectivity index is 0. The third kappa shape index (κ3) is 1.89. The summed E-state index contributed by atoms with van der Waals surface area (Å²) >= 11 is 0. The fraction of sp³-hybridized carbons (Fsp3) is 0. The fourth-order valence-electron chi connectivity index (χ4n) is 0.313. The number of hydrogen-bond acceptors (Lipinski definition) is 1. The molecule has 7 heavy (non-hydrogen) atoms. The third-order valence-corrected chi connectivity index (χ3v) is 0.566. The van der Waals surface area contributed by atoms with E-state index in [2.05, 4.69) is 4.98 Å². The maximum Gasteiger partial charge on any atom is 1.00 e. The van der Waals surface area contributed by atoms with Crippen molar-refractivity contribution >= 4 is 0 Å². The molecular formula is C5H8NO+. The van der Waals surface area contributed by atoms with E-state index in [-0.39, 0.29) is 6.90 Å². The van der Waals surface area contributed by atoms with Gasteiger partial charge in [0.15, 0.2) is 0 Å². The Bertz CT molecular complexity index is 84.4. The van der Waals surface area contributed by atoms with Crippen molar-refractivity contribution in [3.05, 3.63) is 30.6 Å². The second-order valence-electron chi connectivity index (χ2n) is 1.02. The van der Waals surface area contributed by atoms with E-state index in [0.29, 0.717) is 0 Å². The molecule has 1 rings (SSSR count). The molecule has 2 N–H and O–H groups in total. The summed E-state index contributed by atoms with van der Waals surface area (Å²) in [6.45, 7) is 0. The van der Waals surface area contributed by atoms with Crippen LogP contribution in [0, 0.1) is 0 Å². The van der Waals surface area contributed by atoms with Crippen LogP contribution in [0.3, 0.4) is 0 Å². The lowest BCUT2D eigenvalue weighted by Crippen LogP contribution is -1.58. The van der Waals surface area contributed by atoms with Gasteiger partial charge in [-0.25, -0.2) is 0 Å². The van der Waals surface area contributed by atoms with Gasteiger partial charge in [-0.15, -0.1) is 0 Å². The van der Waals surface area contributed by atoms with Crippen LogP contribution in [0.5, 0.6) is 0 Å². The van der Waals surface area contributed by atoms with Crippen LogP contribution < -0.4 is 0 Å². The molecule has 0 radical (unpaired) electrons. The monoisotopic (exact) mass is 98.1 g/mol. The van der Waals surface area contributed by atoms with Crippen LogP contribution in [-0.2, 0) is 0 Å². The van der Waals surface area contributed by atoms with Gasteiger partial charge < -0.3 is 5.48 Å². The van der Waals surface area contributed by atoms with Gasteiger partial charge >= 0.3 is 1.43 Å². The number of rotatable bonds is 0. The van der Waals surface area contributed by atoms with E-state index < -0.39 is 0 Å². The molecule has 0 saturated heterocycles. The number of nitrogens with zero attached hydrogens (tertiary/aromatic N) is 1. The zero-order valence-corrected chi connectivity index (χ0v) is 3.83. The van der Waals surface area contributed by atoms with Gasteiger partial charge in [-0.2, -0.15) is 0 Å². The van der Waals surface area contributed by atoms with Gasteiger partial charge in [0.25, 0.3) is 0 Å². The quantitative estimate of drug-likeness (QED) is 0.462. The Morgan fingerprint density at radius 1 is 1.00 bits per heavy atom. The van der Waals surface area contributed by atoms with Gasteiger partial charge in [-0.05, 0) is 12.1 Å². The molecule has 0 saturated carbocycles. The zero-order chi connectivity index (χ0) is 4.24. The molecule has 0 aromatic carbocycles. The molecule has 0 fully saturated rings. The fourth-order valence-corrected chi connectivity index (χ4v) is 0.313. The van der Waals surface area contributed by atoms with E-state index in [4.69, 9.17) is 0 Å². The highest BCUT2D eigenvalue weighted by molar-refractivity contribution is 4.88. The zero-order valence-electron chi connectivity index (χ0n) is 4.83. The van der Waals surface area contributed by atoms with E-state index >= 15 is 0 Å². The van der Waals surface area contributed by atoms with Crippen molar-refractivity contribution in [2.24, 2.45) is 0 Å². The predicted octanol–water partition coefficient (Wildman–Crippen LogP) is 0.369. The van der Waals surface area contributed by atoms with Gasteiger partial charge in [0, 0.05) is 12.4 Å². The number of hydrogen-bond donors (Lipinski definition) is 0. The largest absolute Gasteiger partial charge is 1.00 e. The second-order valence-corrected chi connectivity index (χ2v) is 1.02. The van der Waals surface area contributed by atoms with Crippen LogP contribution in [0.15, 0.2) is 30.6 Å². The first-order valence-electron chi connectivity index (χ1n) is 1.85. The molecule has 0 atom stereocenters. The highest BCUT2D eigenvalue weighted by atomic mass is 16.0. The van der Waals surface area contributed by atoms with E-state index in [1.807, 2.05) is 18.2 Å². The topological polar surface area (TPSA) is 44.4 Å². The van der Waals surface area contributed by atoms with E-state index in [0.717, 1.165) is 0 Å². The van der Waals surface area contributed by atoms with Gasteiger partial charge in [0.2, 0.25) is 0 Å². The highest BCUT2D eigenvalue weighted by Gasteiger charge is 1.58. The molecular weight excluding hydrogens is 90.1 g/mol. The molecule has 0 unspecified atom stereocenters. The Morgan fingerprint density at radius 3 is 1.71 bits per heavy atom. The third-order valence-electron chi connectivity index (χ3n) is 0.566. The van der Waals surface area contributed by atoms with Crippen LogP contribution >= 0.6 is 0 Å². The predicted molar refractivity (Wildman–Crippen MR) is 29.0 cm³/mol. The molecule has 0 bridgehead atoms. The molecule has 0 aliphatic heterocycles. The average molecular weight is 98.1 g/mol. The van der Waals surface area contributed by atoms with E-state index in [9.17, 15) is 0 Å². The van der Waals surface area contributed by atoms with E-state index in [1.165, 1.54) is 0 Å². The smallest absolute Gasteiger partial charge is 0.412 e. The molecule has 0 aliphatic rings. The Hall–Kier alpha value is -0.890. The number of pyridine rings is 1. The number of aromatic nitrogens is 1. The minimum absolute atomic E-state index is 0. The van der Waals surface area contributed by atoms with Crippen molar-refractivity contribution in [1.82, 2.24) is 4.98 Å². The highest BCUT2D eigenvalue weighted by Crippen LogP contribution is 1.73. The maximum atomic E-state index is 3.78. The lowest BCUT2D eigenvalue weighted by atomic mass is 10.5. The van der Waals surface area contributed by atoms with Gasteiger partial charge in [0.05, 0.1) is 0 Å². The summed E-state index contributed by atoms with van der Waals surface area (Å²) < 4.78 is 0. The SMILES string of the molecule is O.[H+].c1ccncc1. The van der Waals surface area contributed by atoms with Crippen LogP contribution in [0.2, 0.25) is 0 Å². The Kier molecular flexibility index (Phi) is 2.89. The summed E-state index contributed by atoms with van der Waals surface area (Å²) in [6, 6.07) is 5.72. The van der Waals surface area contributed by atoms with Crippen molar-refractivity contribution in [2.75, 3.05) is 0 Å². The standard InChI is InChI=1S/C5H5N.H2O/c1-2-4-6-5-3-1;/h1-5H;1H2/p+1. The molecule has 1 aromatic rings. The second kappa shape index (κ2) is 3.31. The van der Waals surface area contributed by atoms with Crippen LogP contribution in [0.1, 0.15) is 1.43 Å². The van der Waals surface area contributed by atoms with Crippen LogP contribution in [-0.4, -0.2) is 10.5 Å². The molecule has 1 heterocycles. The summed E-state index contributed by atoms with van der Waals surface area (Å²) in [7, 11) is 0. The first-order chi connectivity index (χ1) is 3.00. The minimum Gasteiger partial charge on any atom is -0.412 e. The molecule has 0 spiro atoms. The van der Waals surface area contributed by atoms with Crippen LogP contribution in [0.25, 0.3) is 0 Å². The Labute approximate surface area is 43.6 Å². The summed E-state index contributed by atoms with van der Waals surface area (Å²) in [5.74, 6) is 0. The lowest BCUT2D eigenvalue weighted by Gasteiger charge is -1.70. The van der Waals surface area contributed by atoms with Crippen molar-refractivity contribution in [1.29, 1.82) is 0 Å². The Morgan fingerprint density at radius 2 is 1.57 bits per heavy atom. The maximum absolute atomic E-state index is 3.78. The first kappa shape index (κ1) is 6.11. The normalized spacial score (nSPS) is 6.86. The van der Waals surface area contributed by atoms with Gasteiger partial charge in [0.1, 0.15) is 0 Å². The molecule has 38 valence electrons. The summed E-state index contributed by atoms with van der Waals surface area (Å²) in [6.07, 6.45) is 3.50. The van der Waals surface area contributed by atoms with Crippen LogP contribution in [0.4, 0.5) is 0 Å². The van der Waals surface area contributed by atoms with Crippen molar-refractivity contribution < 1.29 is 6.90 Å². The van der Waals surface area contributed by atoms with Gasteiger partial charge in [-0.1, -0.05) is 6.07 Å². The summed E-state index contributed by atoms with van der Waals surface area (Å²) in [4.78, 5) is 3.78. The molecule has 0 aliphatic carbocycles. The average Bonchev–Trinajstić information content (AvgIpc) is 1.72. The van der Waals surface area contributed by atoms with Crippen molar-refractivity contribution in [3.8, 4) is 0 Å². The van der Waals surface area contributed by atoms with Gasteiger partial charge in [-0.3, -0.25) is 4.98 Å². The molecule has 2 nitrogen and oxygen atoms in total. The first-order valence-corrected chi connectivity index (χ1v) is 1.85. The minimum atomic E-state index is 0. The summed E-state index contributed by atoms with van der Waals surface area (Å²) in [5.41, 5.74) is 0. The van der Waals surface area contributed by atoms with Crippen molar-refractivity contribution in [3.63, 3.8) is 0 Å².